The van der Waals surface area contributed by atoms with E-state index in [1.54, 1.807) is 11.3 Å². The van der Waals surface area contributed by atoms with Crippen molar-refractivity contribution in [3.63, 3.8) is 0 Å². The summed E-state index contributed by atoms with van der Waals surface area (Å²) in [4.78, 5) is 0. The summed E-state index contributed by atoms with van der Waals surface area (Å²) >= 11 is 1.79. The second-order valence-electron chi connectivity index (χ2n) is 2.18. The second-order valence-corrected chi connectivity index (χ2v) is 3.75. The van der Waals surface area contributed by atoms with Crippen molar-refractivity contribution in [2.24, 2.45) is 0 Å². The largest absolute Gasteiger partial charge is 0.144 e. The molecule has 0 bridgehead atoms. The molecule has 1 aromatic heterocycles. The van der Waals surface area contributed by atoms with Crippen LogP contribution >= 0.6 is 20.6 Å². The van der Waals surface area contributed by atoms with Gasteiger partial charge in [0.15, 0.2) is 0 Å². The first kappa shape index (κ1) is 6.33. The predicted octanol–water partition coefficient (Wildman–Crippen LogP) is 2.40. The third-order valence-electron chi connectivity index (χ3n) is 1.53. The minimum Gasteiger partial charge on any atom is -0.144 e. The molecule has 0 fully saturated rings. The highest BCUT2D eigenvalue weighted by molar-refractivity contribution is 7.29. The molecule has 2 rings (SSSR count). The minimum atomic E-state index is 1.29. The van der Waals surface area contributed by atoms with Crippen LogP contribution in [-0.2, 0) is 0 Å². The highest BCUT2D eigenvalue weighted by atomic mass is 32.1. The van der Waals surface area contributed by atoms with Crippen molar-refractivity contribution in [3.8, 4) is 0 Å². The van der Waals surface area contributed by atoms with Gasteiger partial charge in [-0.05, 0) is 28.2 Å². The topological polar surface area (TPSA) is 0 Å². The molecule has 0 aliphatic carbocycles. The van der Waals surface area contributed by atoms with Crippen molar-refractivity contribution in [2.75, 3.05) is 0 Å². The van der Waals surface area contributed by atoms with Gasteiger partial charge < -0.3 is 0 Å². The number of fused-ring (bicyclic) bond motifs is 1. The fourth-order valence-electron chi connectivity index (χ4n) is 1.02. The van der Waals surface area contributed by atoms with Gasteiger partial charge in [-0.1, -0.05) is 12.1 Å². The average molecular weight is 166 g/mol. The van der Waals surface area contributed by atoms with Crippen LogP contribution in [-0.4, -0.2) is 0 Å². The summed E-state index contributed by atoms with van der Waals surface area (Å²) in [6.07, 6.45) is 0. The van der Waals surface area contributed by atoms with Crippen LogP contribution in [0.3, 0.4) is 0 Å². The molecule has 0 aliphatic heterocycles. The Bertz CT molecular complexity index is 351. The van der Waals surface area contributed by atoms with E-state index in [0.29, 0.717) is 0 Å². The van der Waals surface area contributed by atoms with Crippen molar-refractivity contribution in [1.29, 1.82) is 0 Å². The maximum atomic E-state index is 2.74. The van der Waals surface area contributed by atoms with Crippen molar-refractivity contribution < 1.29 is 0 Å². The van der Waals surface area contributed by atoms with Crippen LogP contribution in [0.5, 0.6) is 0 Å². The summed E-state index contributed by atoms with van der Waals surface area (Å²) in [6.45, 7) is 0. The van der Waals surface area contributed by atoms with Gasteiger partial charge in [-0.3, -0.25) is 0 Å². The van der Waals surface area contributed by atoms with E-state index in [4.69, 9.17) is 0 Å². The van der Waals surface area contributed by atoms with Crippen LogP contribution in [0.1, 0.15) is 0 Å². The molecule has 0 radical (unpaired) electrons. The minimum absolute atomic E-state index is 1.29. The molecule has 1 aromatic carbocycles. The maximum Gasteiger partial charge on any atom is 0.0348 e. The summed E-state index contributed by atoms with van der Waals surface area (Å²) in [5, 5.41) is 4.77. The first-order valence-corrected chi connectivity index (χ1v) is 4.55. The number of rotatable bonds is 0. The number of benzene rings is 1. The summed E-state index contributed by atoms with van der Waals surface area (Å²) in [7, 11) is 2.74. The van der Waals surface area contributed by atoms with Gasteiger partial charge >= 0.3 is 0 Å². The lowest BCUT2D eigenvalue weighted by Gasteiger charge is -1.91. The Kier molecular flexibility index (Phi) is 1.48. The molecule has 2 heteroatoms. The molecule has 0 aliphatic rings. The SMILES string of the molecule is Pc1cccc2sccc12. The van der Waals surface area contributed by atoms with Gasteiger partial charge in [0.25, 0.3) is 0 Å². The Morgan fingerprint density at radius 2 is 2.10 bits per heavy atom. The highest BCUT2D eigenvalue weighted by Crippen LogP contribution is 2.19. The van der Waals surface area contributed by atoms with Crippen LogP contribution in [0, 0.1) is 0 Å². The normalized spacial score (nSPS) is 10.5. The Hall–Kier alpha value is -0.390. The summed E-state index contributed by atoms with van der Waals surface area (Å²) in [6, 6.07) is 8.50. The molecule has 1 unspecified atom stereocenters. The van der Waals surface area contributed by atoms with E-state index in [2.05, 4.69) is 38.9 Å². The molecule has 0 spiro atoms. The van der Waals surface area contributed by atoms with Crippen LogP contribution < -0.4 is 5.30 Å². The fraction of sp³-hybridized carbons (Fsp3) is 0. The monoisotopic (exact) mass is 166 g/mol. The fourth-order valence-corrected chi connectivity index (χ4v) is 2.31. The maximum absolute atomic E-state index is 2.74. The molecule has 0 saturated carbocycles. The van der Waals surface area contributed by atoms with Crippen LogP contribution in [0.25, 0.3) is 10.1 Å². The van der Waals surface area contributed by atoms with Gasteiger partial charge in [0.1, 0.15) is 0 Å². The van der Waals surface area contributed by atoms with E-state index in [-0.39, 0.29) is 0 Å². The lowest BCUT2D eigenvalue weighted by Crippen LogP contribution is -1.86. The van der Waals surface area contributed by atoms with Crippen molar-refractivity contribution >= 4 is 36.0 Å². The van der Waals surface area contributed by atoms with Crippen molar-refractivity contribution in [2.45, 2.75) is 0 Å². The van der Waals surface area contributed by atoms with E-state index >= 15 is 0 Å². The highest BCUT2D eigenvalue weighted by Gasteiger charge is 1.94. The number of hydrogen-bond donors (Lipinski definition) is 0. The van der Waals surface area contributed by atoms with Gasteiger partial charge in [-0.25, -0.2) is 0 Å². The van der Waals surface area contributed by atoms with E-state index in [1.807, 2.05) is 0 Å². The molecular formula is C8H7PS. The molecule has 50 valence electrons. The molecular weight excluding hydrogens is 159 g/mol. The van der Waals surface area contributed by atoms with E-state index < -0.39 is 0 Å². The average Bonchev–Trinajstić information content (AvgIpc) is 2.36. The standard InChI is InChI=1S/C8H7PS/c9-7-2-1-3-8-6(7)4-5-10-8/h1-5H,9H2. The molecule has 2 aromatic rings. The first-order chi connectivity index (χ1) is 4.88. The lowest BCUT2D eigenvalue weighted by molar-refractivity contribution is 1.92. The van der Waals surface area contributed by atoms with Gasteiger partial charge in [0, 0.05) is 4.70 Å². The lowest BCUT2D eigenvalue weighted by atomic mass is 10.3. The molecule has 1 atom stereocenters. The molecule has 0 saturated heterocycles. The third-order valence-corrected chi connectivity index (χ3v) is 2.92. The van der Waals surface area contributed by atoms with Crippen LogP contribution in [0.2, 0.25) is 0 Å². The Balaban J connectivity index is 2.95. The zero-order chi connectivity index (χ0) is 6.97. The zero-order valence-corrected chi connectivity index (χ0v) is 7.34. The van der Waals surface area contributed by atoms with Crippen molar-refractivity contribution in [3.05, 3.63) is 29.6 Å². The smallest absolute Gasteiger partial charge is 0.0348 e. The number of hydrogen-bond acceptors (Lipinski definition) is 1. The molecule has 1 heterocycles. The number of thiophene rings is 1. The van der Waals surface area contributed by atoms with E-state index in [0.717, 1.165) is 0 Å². The van der Waals surface area contributed by atoms with Gasteiger partial charge in [0.05, 0.1) is 0 Å². The third kappa shape index (κ3) is 0.865. The Labute approximate surface area is 66.1 Å². The Morgan fingerprint density at radius 1 is 1.20 bits per heavy atom. The Morgan fingerprint density at radius 3 is 2.90 bits per heavy atom. The predicted molar refractivity (Wildman–Crippen MR) is 51.2 cm³/mol. The quantitative estimate of drug-likeness (QED) is 0.527. The van der Waals surface area contributed by atoms with Gasteiger partial charge in [-0.15, -0.1) is 20.6 Å². The molecule has 0 N–H and O–H groups in total. The summed E-state index contributed by atoms with van der Waals surface area (Å²) in [5.41, 5.74) is 0. The van der Waals surface area contributed by atoms with E-state index in [9.17, 15) is 0 Å². The molecule has 0 nitrogen and oxygen atoms in total. The van der Waals surface area contributed by atoms with Gasteiger partial charge in [-0.2, -0.15) is 0 Å². The molecule has 0 amide bonds. The van der Waals surface area contributed by atoms with Crippen LogP contribution in [0.15, 0.2) is 29.6 Å². The second kappa shape index (κ2) is 2.34. The zero-order valence-electron chi connectivity index (χ0n) is 5.37. The van der Waals surface area contributed by atoms with Gasteiger partial charge in [0.2, 0.25) is 0 Å². The first-order valence-electron chi connectivity index (χ1n) is 3.09. The van der Waals surface area contributed by atoms with Crippen LogP contribution in [0.4, 0.5) is 0 Å². The van der Waals surface area contributed by atoms with Crippen molar-refractivity contribution in [1.82, 2.24) is 0 Å². The molecule has 10 heavy (non-hydrogen) atoms. The summed E-state index contributed by atoms with van der Waals surface area (Å²) in [5.74, 6) is 0. The summed E-state index contributed by atoms with van der Waals surface area (Å²) < 4.78 is 1.37. The van der Waals surface area contributed by atoms with E-state index in [1.165, 1.54) is 15.4 Å².